The first-order valence-corrected chi connectivity index (χ1v) is 8.64. The minimum absolute atomic E-state index is 0.103. The predicted molar refractivity (Wildman–Crippen MR) is 98.6 cm³/mol. The zero-order chi connectivity index (χ0) is 18.6. The lowest BCUT2D eigenvalue weighted by molar-refractivity contribution is 0.0190. The van der Waals surface area contributed by atoms with Crippen LogP contribution in [0.1, 0.15) is 47.5 Å². The molecule has 1 amide bonds. The fraction of sp³-hybridized carbons (Fsp3) is 0.882. The van der Waals surface area contributed by atoms with Crippen molar-refractivity contribution >= 4 is 12.1 Å². The summed E-state index contributed by atoms with van der Waals surface area (Å²) < 4.78 is 10.5. The van der Waals surface area contributed by atoms with Crippen LogP contribution in [0.4, 0.5) is 4.79 Å². The average molecular weight is 345 g/mol. The van der Waals surface area contributed by atoms with Gasteiger partial charge >= 0.3 is 6.09 Å². The number of aliphatic imine (C=N–C) groups is 1. The second-order valence-corrected chi connectivity index (χ2v) is 6.89. The quantitative estimate of drug-likeness (QED) is 0.381. The molecule has 0 unspecified atom stereocenters. The zero-order valence-electron chi connectivity index (χ0n) is 16.4. The molecule has 0 saturated carbocycles. The highest BCUT2D eigenvalue weighted by molar-refractivity contribution is 5.79. The van der Waals surface area contributed by atoms with E-state index in [2.05, 4.69) is 15.6 Å². The van der Waals surface area contributed by atoms with Crippen LogP contribution in [-0.4, -0.2) is 69.0 Å². The lowest BCUT2D eigenvalue weighted by Gasteiger charge is -2.30. The Morgan fingerprint density at radius 1 is 1.17 bits per heavy atom. The van der Waals surface area contributed by atoms with Crippen LogP contribution in [-0.2, 0) is 9.47 Å². The number of ether oxygens (including phenoxy) is 2. The van der Waals surface area contributed by atoms with Crippen LogP contribution in [0.3, 0.4) is 0 Å². The van der Waals surface area contributed by atoms with Gasteiger partial charge in [-0.05, 0) is 47.5 Å². The van der Waals surface area contributed by atoms with E-state index < -0.39 is 5.60 Å². The van der Waals surface area contributed by atoms with E-state index in [0.717, 1.165) is 38.5 Å². The number of nitrogens with one attached hydrogen (secondary N) is 2. The number of amides is 1. The normalized spacial score (nSPS) is 12.2. The van der Waals surface area contributed by atoms with Gasteiger partial charge in [-0.3, -0.25) is 4.99 Å². The average Bonchev–Trinajstić information content (AvgIpc) is 2.46. The molecule has 24 heavy (non-hydrogen) atoms. The number of hydrogen-bond donors (Lipinski definition) is 2. The Balaban J connectivity index is 4.17. The lowest BCUT2D eigenvalue weighted by Crippen LogP contribution is -2.43. The molecule has 0 spiro atoms. The van der Waals surface area contributed by atoms with E-state index in [1.165, 1.54) is 0 Å². The van der Waals surface area contributed by atoms with Crippen LogP contribution >= 0.6 is 0 Å². The molecule has 0 aromatic carbocycles. The summed E-state index contributed by atoms with van der Waals surface area (Å²) >= 11 is 0. The summed E-state index contributed by atoms with van der Waals surface area (Å²) in [4.78, 5) is 18.1. The third-order valence-electron chi connectivity index (χ3n) is 3.16. The van der Waals surface area contributed by atoms with Crippen molar-refractivity contribution in [1.29, 1.82) is 0 Å². The molecule has 0 rings (SSSR count). The van der Waals surface area contributed by atoms with Gasteiger partial charge in [-0.1, -0.05) is 0 Å². The SMILES string of the molecule is CN=C(NCCCOC)NCCCN(C(=O)OC(C)(C)C)C(C)C. The summed E-state index contributed by atoms with van der Waals surface area (Å²) in [6.07, 6.45) is 1.48. The van der Waals surface area contributed by atoms with Gasteiger partial charge in [0.2, 0.25) is 0 Å². The molecule has 0 fully saturated rings. The molecule has 0 bridgehead atoms. The first-order chi connectivity index (χ1) is 11.2. The smallest absolute Gasteiger partial charge is 0.410 e. The summed E-state index contributed by atoms with van der Waals surface area (Å²) in [6.45, 7) is 12.5. The molecular formula is C17H36N4O3. The van der Waals surface area contributed by atoms with E-state index in [1.807, 2.05) is 34.6 Å². The summed E-state index contributed by atoms with van der Waals surface area (Å²) in [5.74, 6) is 0.763. The Kier molecular flexibility index (Phi) is 11.2. The highest BCUT2D eigenvalue weighted by Gasteiger charge is 2.23. The molecular weight excluding hydrogens is 308 g/mol. The molecule has 0 aliphatic heterocycles. The Hall–Kier alpha value is -1.50. The minimum Gasteiger partial charge on any atom is -0.444 e. The van der Waals surface area contributed by atoms with Crippen LogP contribution in [0, 0.1) is 0 Å². The molecule has 0 heterocycles. The van der Waals surface area contributed by atoms with Crippen LogP contribution in [0.25, 0.3) is 0 Å². The van der Waals surface area contributed by atoms with Gasteiger partial charge in [-0.25, -0.2) is 4.79 Å². The number of hydrogen-bond acceptors (Lipinski definition) is 4. The molecule has 0 atom stereocenters. The number of guanidine groups is 1. The second-order valence-electron chi connectivity index (χ2n) is 6.89. The van der Waals surface area contributed by atoms with Gasteiger partial charge in [0, 0.05) is 46.4 Å². The van der Waals surface area contributed by atoms with Crippen LogP contribution in [0.2, 0.25) is 0 Å². The Morgan fingerprint density at radius 2 is 1.75 bits per heavy atom. The van der Waals surface area contributed by atoms with Gasteiger partial charge in [-0.2, -0.15) is 0 Å². The van der Waals surface area contributed by atoms with E-state index in [-0.39, 0.29) is 12.1 Å². The first kappa shape index (κ1) is 22.5. The van der Waals surface area contributed by atoms with Gasteiger partial charge in [0.05, 0.1) is 0 Å². The number of carbonyl (C=O) groups is 1. The topological polar surface area (TPSA) is 75.2 Å². The summed E-state index contributed by atoms with van der Waals surface area (Å²) in [7, 11) is 3.44. The highest BCUT2D eigenvalue weighted by atomic mass is 16.6. The van der Waals surface area contributed by atoms with Crippen molar-refractivity contribution in [3.63, 3.8) is 0 Å². The van der Waals surface area contributed by atoms with Crippen LogP contribution in [0.5, 0.6) is 0 Å². The lowest BCUT2D eigenvalue weighted by atomic mass is 10.2. The van der Waals surface area contributed by atoms with Crippen molar-refractivity contribution in [2.75, 3.05) is 40.4 Å². The maximum Gasteiger partial charge on any atom is 0.410 e. The van der Waals surface area contributed by atoms with E-state index in [1.54, 1.807) is 19.1 Å². The molecule has 7 heteroatoms. The Morgan fingerprint density at radius 3 is 2.21 bits per heavy atom. The molecule has 0 aliphatic rings. The fourth-order valence-corrected chi connectivity index (χ4v) is 1.98. The highest BCUT2D eigenvalue weighted by Crippen LogP contribution is 2.12. The second kappa shape index (κ2) is 11.9. The molecule has 0 aliphatic carbocycles. The first-order valence-electron chi connectivity index (χ1n) is 8.64. The van der Waals surface area contributed by atoms with Crippen molar-refractivity contribution in [1.82, 2.24) is 15.5 Å². The Bertz CT molecular complexity index is 379. The van der Waals surface area contributed by atoms with E-state index >= 15 is 0 Å². The van der Waals surface area contributed by atoms with Crippen molar-refractivity contribution in [3.8, 4) is 0 Å². The van der Waals surface area contributed by atoms with Crippen molar-refractivity contribution in [2.24, 2.45) is 4.99 Å². The Labute approximate surface area is 147 Å². The van der Waals surface area contributed by atoms with E-state index in [0.29, 0.717) is 6.54 Å². The summed E-state index contributed by atoms with van der Waals surface area (Å²) in [5.41, 5.74) is -0.476. The van der Waals surface area contributed by atoms with Crippen molar-refractivity contribution in [3.05, 3.63) is 0 Å². The standard InChI is InChI=1S/C17H36N4O3/c1-14(2)21(16(22)24-17(3,4)5)12-8-10-19-15(18-6)20-11-9-13-23-7/h14H,8-13H2,1-7H3,(H2,18,19,20). The third kappa shape index (κ3) is 11.1. The van der Waals surface area contributed by atoms with Crippen LogP contribution < -0.4 is 10.6 Å². The fourth-order valence-electron chi connectivity index (χ4n) is 1.98. The molecule has 0 aromatic heterocycles. The van der Waals surface area contributed by atoms with E-state index in [9.17, 15) is 4.79 Å². The maximum absolute atomic E-state index is 12.2. The molecule has 142 valence electrons. The van der Waals surface area contributed by atoms with Crippen molar-refractivity contribution < 1.29 is 14.3 Å². The molecule has 0 aromatic rings. The predicted octanol–water partition coefficient (Wildman–Crippen LogP) is 2.22. The number of carbonyl (C=O) groups excluding carboxylic acids is 1. The minimum atomic E-state index is -0.476. The summed E-state index contributed by atoms with van der Waals surface area (Å²) in [5, 5.41) is 6.47. The number of methoxy groups -OCH3 is 1. The summed E-state index contributed by atoms with van der Waals surface area (Å²) in [6, 6.07) is 0.103. The molecule has 2 N–H and O–H groups in total. The van der Waals surface area contributed by atoms with Gasteiger partial charge in [0.15, 0.2) is 5.96 Å². The molecule has 0 saturated heterocycles. The largest absolute Gasteiger partial charge is 0.444 e. The monoisotopic (exact) mass is 344 g/mol. The third-order valence-corrected chi connectivity index (χ3v) is 3.16. The van der Waals surface area contributed by atoms with Gasteiger partial charge in [-0.15, -0.1) is 0 Å². The zero-order valence-corrected chi connectivity index (χ0v) is 16.4. The van der Waals surface area contributed by atoms with Gasteiger partial charge in [0.25, 0.3) is 0 Å². The van der Waals surface area contributed by atoms with Gasteiger partial charge < -0.3 is 25.0 Å². The number of rotatable bonds is 9. The number of nitrogens with zero attached hydrogens (tertiary/aromatic N) is 2. The maximum atomic E-state index is 12.2. The van der Waals surface area contributed by atoms with Gasteiger partial charge in [0.1, 0.15) is 5.60 Å². The van der Waals surface area contributed by atoms with E-state index in [4.69, 9.17) is 9.47 Å². The van der Waals surface area contributed by atoms with Crippen molar-refractivity contribution in [2.45, 2.75) is 59.1 Å². The molecule has 7 nitrogen and oxygen atoms in total. The molecule has 0 radical (unpaired) electrons. The van der Waals surface area contributed by atoms with Crippen LogP contribution in [0.15, 0.2) is 4.99 Å².